The molecule has 0 aromatic carbocycles. The average Bonchev–Trinajstić information content (AvgIpc) is 3.47. The third-order valence-corrected chi connectivity index (χ3v) is 7.51. The fourth-order valence-electron chi connectivity index (χ4n) is 5.74. The summed E-state index contributed by atoms with van der Waals surface area (Å²) in [6.45, 7) is 4.70. The zero-order valence-electron chi connectivity index (χ0n) is 16.8. The van der Waals surface area contributed by atoms with Gasteiger partial charge in [0, 0.05) is 63.1 Å². The van der Waals surface area contributed by atoms with Crippen molar-refractivity contribution in [3.05, 3.63) is 23.3 Å². The number of piperidine rings is 1. The maximum absolute atomic E-state index is 13.0. The molecule has 2 saturated carbocycles. The smallest absolute Gasteiger partial charge is 0.226 e. The van der Waals surface area contributed by atoms with Gasteiger partial charge in [-0.1, -0.05) is 12.8 Å². The number of carbonyl (C=O) groups is 2. The Labute approximate surface area is 166 Å². The fourth-order valence-corrected chi connectivity index (χ4v) is 5.74. The summed E-state index contributed by atoms with van der Waals surface area (Å²) in [5.41, 5.74) is 2.24. The molecule has 6 heteroatoms. The molecule has 2 aliphatic carbocycles. The molecule has 1 saturated heterocycles. The van der Waals surface area contributed by atoms with E-state index in [0.29, 0.717) is 36.1 Å². The van der Waals surface area contributed by atoms with Crippen LogP contribution in [-0.2, 0) is 22.6 Å². The molecule has 1 aromatic rings. The summed E-state index contributed by atoms with van der Waals surface area (Å²) in [5.74, 6) is 3.44. The summed E-state index contributed by atoms with van der Waals surface area (Å²) in [4.78, 5) is 38.0. The highest BCUT2D eigenvalue weighted by Gasteiger charge is 2.55. The van der Waals surface area contributed by atoms with Crippen LogP contribution in [0.4, 0.5) is 0 Å². The van der Waals surface area contributed by atoms with Crippen LogP contribution in [0, 0.1) is 17.8 Å². The van der Waals surface area contributed by atoms with Gasteiger partial charge in [0.25, 0.3) is 0 Å². The van der Waals surface area contributed by atoms with Gasteiger partial charge >= 0.3 is 0 Å². The number of rotatable bonds is 2. The third kappa shape index (κ3) is 3.20. The quantitative estimate of drug-likeness (QED) is 0.788. The van der Waals surface area contributed by atoms with Gasteiger partial charge in [0.15, 0.2) is 0 Å². The van der Waals surface area contributed by atoms with Gasteiger partial charge < -0.3 is 9.80 Å². The van der Waals surface area contributed by atoms with Crippen LogP contribution in [0.5, 0.6) is 0 Å². The zero-order valence-corrected chi connectivity index (χ0v) is 16.8. The van der Waals surface area contributed by atoms with E-state index in [2.05, 4.69) is 9.88 Å². The second-order valence-electron chi connectivity index (χ2n) is 9.13. The maximum Gasteiger partial charge on any atom is 0.226 e. The number of carbonyl (C=O) groups excluding carboxylic acids is 2. The normalized spacial score (nSPS) is 29.8. The van der Waals surface area contributed by atoms with Gasteiger partial charge in [-0.2, -0.15) is 0 Å². The number of aromatic nitrogens is 2. The molecule has 2 amide bonds. The highest BCUT2D eigenvalue weighted by atomic mass is 16.2. The Kier molecular flexibility index (Phi) is 4.60. The molecule has 6 nitrogen and oxygen atoms in total. The van der Waals surface area contributed by atoms with E-state index < -0.39 is 0 Å². The zero-order chi connectivity index (χ0) is 19.3. The molecule has 0 radical (unpaired) electrons. The number of likely N-dealkylation sites (tertiary alicyclic amines) is 1. The van der Waals surface area contributed by atoms with Gasteiger partial charge in [0.05, 0.1) is 5.69 Å². The van der Waals surface area contributed by atoms with E-state index in [1.807, 2.05) is 11.1 Å². The molecular weight excluding hydrogens is 352 g/mol. The lowest BCUT2D eigenvalue weighted by Gasteiger charge is -2.32. The van der Waals surface area contributed by atoms with Crippen LogP contribution >= 0.6 is 0 Å². The van der Waals surface area contributed by atoms with Crippen LogP contribution in [0.1, 0.15) is 68.4 Å². The molecule has 4 aliphatic rings. The van der Waals surface area contributed by atoms with Crippen molar-refractivity contribution in [1.29, 1.82) is 0 Å². The van der Waals surface area contributed by atoms with Crippen molar-refractivity contribution in [3.63, 3.8) is 0 Å². The first kappa shape index (κ1) is 18.1. The molecule has 0 N–H and O–H groups in total. The molecular formula is C22H30N4O2. The van der Waals surface area contributed by atoms with Crippen LogP contribution in [0.15, 0.2) is 6.20 Å². The van der Waals surface area contributed by atoms with E-state index in [9.17, 15) is 9.59 Å². The van der Waals surface area contributed by atoms with E-state index in [-0.39, 0.29) is 5.91 Å². The SMILES string of the molecule is CC(=O)N1CCC(c2ncc3c(n2)CCN(C(=O)C2C4CCCCC42)C3)CC1. The minimum Gasteiger partial charge on any atom is -0.343 e. The van der Waals surface area contributed by atoms with Crippen molar-refractivity contribution in [1.82, 2.24) is 19.8 Å². The molecule has 2 atom stereocenters. The van der Waals surface area contributed by atoms with Crippen molar-refractivity contribution >= 4 is 11.8 Å². The lowest BCUT2D eigenvalue weighted by Crippen LogP contribution is -2.38. The summed E-state index contributed by atoms with van der Waals surface area (Å²) in [5, 5.41) is 0. The van der Waals surface area contributed by atoms with Crippen LogP contribution in [0.25, 0.3) is 0 Å². The first-order valence-corrected chi connectivity index (χ1v) is 11.0. The monoisotopic (exact) mass is 382 g/mol. The number of hydrogen-bond acceptors (Lipinski definition) is 4. The molecule has 3 fully saturated rings. The summed E-state index contributed by atoms with van der Waals surface area (Å²) < 4.78 is 0. The molecule has 150 valence electrons. The van der Waals surface area contributed by atoms with Gasteiger partial charge in [-0.3, -0.25) is 9.59 Å². The van der Waals surface area contributed by atoms with Crippen LogP contribution in [0.2, 0.25) is 0 Å². The lowest BCUT2D eigenvalue weighted by atomic mass is 9.95. The molecule has 0 bridgehead atoms. The van der Waals surface area contributed by atoms with Gasteiger partial charge in [0.2, 0.25) is 11.8 Å². The van der Waals surface area contributed by atoms with Crippen molar-refractivity contribution in [2.24, 2.45) is 17.8 Å². The Morgan fingerprint density at radius 1 is 1.00 bits per heavy atom. The lowest BCUT2D eigenvalue weighted by molar-refractivity contribution is -0.134. The molecule has 0 spiro atoms. The van der Waals surface area contributed by atoms with E-state index in [0.717, 1.165) is 56.0 Å². The molecule has 5 rings (SSSR count). The molecule has 28 heavy (non-hydrogen) atoms. The minimum absolute atomic E-state index is 0.157. The molecule has 2 aliphatic heterocycles. The second-order valence-corrected chi connectivity index (χ2v) is 9.13. The summed E-state index contributed by atoms with van der Waals surface area (Å²) in [7, 11) is 0. The van der Waals surface area contributed by atoms with Crippen LogP contribution in [0.3, 0.4) is 0 Å². The van der Waals surface area contributed by atoms with Gasteiger partial charge in [-0.15, -0.1) is 0 Å². The summed E-state index contributed by atoms with van der Waals surface area (Å²) >= 11 is 0. The third-order valence-electron chi connectivity index (χ3n) is 7.51. The largest absolute Gasteiger partial charge is 0.343 e. The highest BCUT2D eigenvalue weighted by molar-refractivity contribution is 5.82. The van der Waals surface area contributed by atoms with Crippen molar-refractivity contribution in [2.75, 3.05) is 19.6 Å². The first-order chi connectivity index (χ1) is 13.6. The van der Waals surface area contributed by atoms with Crippen LogP contribution < -0.4 is 0 Å². The van der Waals surface area contributed by atoms with Crippen molar-refractivity contribution in [3.8, 4) is 0 Å². The molecule has 1 aromatic heterocycles. The molecule has 3 heterocycles. The second kappa shape index (κ2) is 7.12. The van der Waals surface area contributed by atoms with Gasteiger partial charge in [-0.25, -0.2) is 9.97 Å². The highest BCUT2D eigenvalue weighted by Crippen LogP contribution is 2.56. The van der Waals surface area contributed by atoms with Gasteiger partial charge in [-0.05, 0) is 37.5 Å². The molecule has 2 unspecified atom stereocenters. The summed E-state index contributed by atoms with van der Waals surface area (Å²) in [6.07, 6.45) is 9.77. The first-order valence-electron chi connectivity index (χ1n) is 11.0. The summed E-state index contributed by atoms with van der Waals surface area (Å²) in [6, 6.07) is 0. The minimum atomic E-state index is 0.157. The Bertz CT molecular complexity index is 775. The van der Waals surface area contributed by atoms with E-state index >= 15 is 0 Å². The predicted molar refractivity (Wildman–Crippen MR) is 104 cm³/mol. The van der Waals surface area contributed by atoms with Gasteiger partial charge in [0.1, 0.15) is 5.82 Å². The maximum atomic E-state index is 13.0. The van der Waals surface area contributed by atoms with E-state index in [1.54, 1.807) is 6.92 Å². The van der Waals surface area contributed by atoms with E-state index in [4.69, 9.17) is 4.98 Å². The van der Waals surface area contributed by atoms with Crippen LogP contribution in [-0.4, -0.2) is 51.2 Å². The van der Waals surface area contributed by atoms with Crippen molar-refractivity contribution < 1.29 is 9.59 Å². The Balaban J connectivity index is 1.23. The standard InChI is InChI=1S/C22H30N4O2/c1-14(27)25-9-6-15(7-10-25)21-23-12-16-13-26(11-8-19(16)24-21)22(28)20-17-4-2-3-5-18(17)20/h12,15,17-18,20H,2-11,13H2,1H3. The van der Waals surface area contributed by atoms with Crippen molar-refractivity contribution in [2.45, 2.75) is 64.3 Å². The fraction of sp³-hybridized carbons (Fsp3) is 0.727. The Morgan fingerprint density at radius 3 is 2.39 bits per heavy atom. The number of hydrogen-bond donors (Lipinski definition) is 0. The number of nitrogens with zero attached hydrogens (tertiary/aromatic N) is 4. The predicted octanol–water partition coefficient (Wildman–Crippen LogP) is 2.52. The Morgan fingerprint density at radius 2 is 1.71 bits per heavy atom. The van der Waals surface area contributed by atoms with E-state index in [1.165, 1.54) is 25.7 Å². The topological polar surface area (TPSA) is 66.4 Å². The number of fused-ring (bicyclic) bond motifs is 2. The number of amides is 2. The Hall–Kier alpha value is -1.98. The average molecular weight is 383 g/mol.